The van der Waals surface area contributed by atoms with Gasteiger partial charge >= 0.3 is 0 Å². The summed E-state index contributed by atoms with van der Waals surface area (Å²) in [6.07, 6.45) is 5.39. The molecular weight excluding hydrogens is 210 g/mol. The smallest absolute Gasteiger partial charge is 0.221 e. The first-order valence-electron chi connectivity index (χ1n) is 6.00. The lowest BCUT2D eigenvalue weighted by atomic mass is 9.78. The Balaban J connectivity index is 2.45. The van der Waals surface area contributed by atoms with Crippen molar-refractivity contribution in [1.82, 2.24) is 5.32 Å². The predicted octanol–water partition coefficient (Wildman–Crippen LogP) is 2.95. The highest BCUT2D eigenvalue weighted by atomic mass is 35.5. The maximum absolute atomic E-state index is 11.5. The highest BCUT2D eigenvalue weighted by Gasteiger charge is 2.28. The molecule has 1 saturated carbocycles. The van der Waals surface area contributed by atoms with Gasteiger partial charge in [0.15, 0.2) is 0 Å². The van der Waals surface area contributed by atoms with E-state index in [0.717, 1.165) is 6.42 Å². The molecule has 15 heavy (non-hydrogen) atoms. The van der Waals surface area contributed by atoms with Crippen LogP contribution in [0.25, 0.3) is 0 Å². The van der Waals surface area contributed by atoms with Gasteiger partial charge < -0.3 is 5.32 Å². The molecular formula is C12H22ClNO. The van der Waals surface area contributed by atoms with Crippen LogP contribution in [0.1, 0.15) is 46.0 Å². The Bertz CT molecular complexity index is 206. The van der Waals surface area contributed by atoms with Crippen molar-refractivity contribution in [2.45, 2.75) is 52.0 Å². The summed E-state index contributed by atoms with van der Waals surface area (Å²) in [5.41, 5.74) is 0. The zero-order valence-electron chi connectivity index (χ0n) is 9.76. The number of nitrogens with one attached hydrogen (secondary N) is 1. The van der Waals surface area contributed by atoms with Gasteiger partial charge in [0.2, 0.25) is 5.91 Å². The standard InChI is InChI=1S/C12H22ClNO/c1-9(2)10-5-3-4-6-11(10)14-12(15)7-8-13/h9-11H,3-8H2,1-2H3,(H,14,15). The predicted molar refractivity (Wildman–Crippen MR) is 64.1 cm³/mol. The Morgan fingerprint density at radius 2 is 2.07 bits per heavy atom. The molecule has 0 aliphatic heterocycles. The molecule has 2 unspecified atom stereocenters. The van der Waals surface area contributed by atoms with Gasteiger partial charge in [-0.3, -0.25) is 4.79 Å². The minimum absolute atomic E-state index is 0.113. The first kappa shape index (κ1) is 12.8. The fraction of sp³-hybridized carbons (Fsp3) is 0.917. The molecule has 1 aliphatic rings. The van der Waals surface area contributed by atoms with Crippen molar-refractivity contribution in [2.75, 3.05) is 5.88 Å². The second-order valence-corrected chi connectivity index (χ2v) is 5.18. The first-order valence-corrected chi connectivity index (χ1v) is 6.54. The Hall–Kier alpha value is -0.240. The third kappa shape index (κ3) is 4.02. The van der Waals surface area contributed by atoms with Gasteiger partial charge in [0.1, 0.15) is 0 Å². The summed E-state index contributed by atoms with van der Waals surface area (Å²) in [6, 6.07) is 0.384. The van der Waals surface area contributed by atoms with Crippen LogP contribution in [0.3, 0.4) is 0 Å². The summed E-state index contributed by atoms with van der Waals surface area (Å²) in [4.78, 5) is 11.5. The molecule has 0 heterocycles. The molecule has 1 aliphatic carbocycles. The van der Waals surface area contributed by atoms with Crippen molar-refractivity contribution >= 4 is 17.5 Å². The molecule has 0 aromatic rings. The molecule has 0 spiro atoms. The lowest BCUT2D eigenvalue weighted by molar-refractivity contribution is -0.122. The van der Waals surface area contributed by atoms with E-state index in [4.69, 9.17) is 11.6 Å². The Morgan fingerprint density at radius 1 is 1.40 bits per heavy atom. The van der Waals surface area contributed by atoms with Crippen LogP contribution in [0.2, 0.25) is 0 Å². The fourth-order valence-corrected chi connectivity index (χ4v) is 2.67. The SMILES string of the molecule is CC(C)C1CCCCC1NC(=O)CCCl. The van der Waals surface area contributed by atoms with Crippen molar-refractivity contribution in [3.8, 4) is 0 Å². The van der Waals surface area contributed by atoms with Gasteiger partial charge in [0, 0.05) is 18.3 Å². The van der Waals surface area contributed by atoms with Gasteiger partial charge in [0.25, 0.3) is 0 Å². The van der Waals surface area contributed by atoms with Gasteiger partial charge in [-0.2, -0.15) is 0 Å². The van der Waals surface area contributed by atoms with E-state index in [9.17, 15) is 4.79 Å². The molecule has 3 heteroatoms. The molecule has 0 aromatic heterocycles. The second-order valence-electron chi connectivity index (χ2n) is 4.81. The van der Waals surface area contributed by atoms with Crippen molar-refractivity contribution in [3.63, 3.8) is 0 Å². The van der Waals surface area contributed by atoms with E-state index in [1.165, 1.54) is 19.3 Å². The lowest BCUT2D eigenvalue weighted by Gasteiger charge is -2.34. The van der Waals surface area contributed by atoms with Crippen LogP contribution in [0.5, 0.6) is 0 Å². The molecule has 0 radical (unpaired) electrons. The Kier molecular flexibility index (Phi) is 5.44. The van der Waals surface area contributed by atoms with Crippen LogP contribution in [0, 0.1) is 11.8 Å². The van der Waals surface area contributed by atoms with Crippen molar-refractivity contribution in [1.29, 1.82) is 0 Å². The molecule has 0 aromatic carbocycles. The number of rotatable bonds is 4. The Morgan fingerprint density at radius 3 is 2.67 bits per heavy atom. The van der Waals surface area contributed by atoms with E-state index in [1.54, 1.807) is 0 Å². The summed E-state index contributed by atoms with van der Waals surface area (Å²) in [5.74, 6) is 1.84. The Labute approximate surface area is 97.8 Å². The molecule has 2 atom stereocenters. The number of carbonyl (C=O) groups is 1. The van der Waals surface area contributed by atoms with E-state index in [1.807, 2.05) is 0 Å². The number of halogens is 1. The summed E-state index contributed by atoms with van der Waals surface area (Å²) in [5, 5.41) is 3.13. The lowest BCUT2D eigenvalue weighted by Crippen LogP contribution is -2.44. The van der Waals surface area contributed by atoms with Crippen LogP contribution in [-0.4, -0.2) is 17.8 Å². The van der Waals surface area contributed by atoms with E-state index < -0.39 is 0 Å². The van der Waals surface area contributed by atoms with Crippen LogP contribution < -0.4 is 5.32 Å². The van der Waals surface area contributed by atoms with E-state index in [-0.39, 0.29) is 5.91 Å². The zero-order valence-corrected chi connectivity index (χ0v) is 10.5. The topological polar surface area (TPSA) is 29.1 Å². The molecule has 2 nitrogen and oxygen atoms in total. The molecule has 1 amide bonds. The minimum atomic E-state index is 0.113. The molecule has 1 fully saturated rings. The number of alkyl halides is 1. The average Bonchev–Trinajstić information content (AvgIpc) is 2.18. The van der Waals surface area contributed by atoms with Crippen molar-refractivity contribution in [2.24, 2.45) is 11.8 Å². The molecule has 1 N–H and O–H groups in total. The van der Waals surface area contributed by atoms with Crippen LogP contribution >= 0.6 is 11.6 Å². The second kappa shape index (κ2) is 6.37. The van der Waals surface area contributed by atoms with E-state index in [2.05, 4.69) is 19.2 Å². The average molecular weight is 232 g/mol. The molecule has 0 saturated heterocycles. The largest absolute Gasteiger partial charge is 0.353 e. The normalized spacial score (nSPS) is 26.7. The summed E-state index contributed by atoms with van der Waals surface area (Å²) >= 11 is 5.55. The van der Waals surface area contributed by atoms with Crippen molar-refractivity contribution in [3.05, 3.63) is 0 Å². The van der Waals surface area contributed by atoms with Gasteiger partial charge in [-0.25, -0.2) is 0 Å². The van der Waals surface area contributed by atoms with Gasteiger partial charge in [-0.15, -0.1) is 11.6 Å². The third-order valence-corrected chi connectivity index (χ3v) is 3.53. The van der Waals surface area contributed by atoms with E-state index in [0.29, 0.717) is 30.2 Å². The number of hydrogen-bond donors (Lipinski definition) is 1. The zero-order chi connectivity index (χ0) is 11.3. The maximum atomic E-state index is 11.5. The minimum Gasteiger partial charge on any atom is -0.353 e. The highest BCUT2D eigenvalue weighted by Crippen LogP contribution is 2.30. The summed E-state index contributed by atoms with van der Waals surface area (Å²) in [7, 11) is 0. The van der Waals surface area contributed by atoms with Crippen LogP contribution in [0.15, 0.2) is 0 Å². The highest BCUT2D eigenvalue weighted by molar-refractivity contribution is 6.18. The monoisotopic (exact) mass is 231 g/mol. The van der Waals surface area contributed by atoms with Gasteiger partial charge in [-0.05, 0) is 24.7 Å². The summed E-state index contributed by atoms with van der Waals surface area (Å²) in [6.45, 7) is 4.49. The maximum Gasteiger partial charge on any atom is 0.221 e. The fourth-order valence-electron chi connectivity index (χ4n) is 2.50. The molecule has 1 rings (SSSR count). The van der Waals surface area contributed by atoms with Gasteiger partial charge in [0.05, 0.1) is 0 Å². The summed E-state index contributed by atoms with van der Waals surface area (Å²) < 4.78 is 0. The number of carbonyl (C=O) groups excluding carboxylic acids is 1. The molecule has 0 bridgehead atoms. The first-order chi connectivity index (χ1) is 7.15. The number of amides is 1. The van der Waals surface area contributed by atoms with E-state index >= 15 is 0 Å². The molecule has 88 valence electrons. The number of hydrogen-bond acceptors (Lipinski definition) is 1. The van der Waals surface area contributed by atoms with Crippen LogP contribution in [0.4, 0.5) is 0 Å². The quantitative estimate of drug-likeness (QED) is 0.741. The van der Waals surface area contributed by atoms with Gasteiger partial charge in [-0.1, -0.05) is 26.7 Å². The van der Waals surface area contributed by atoms with Crippen molar-refractivity contribution < 1.29 is 4.79 Å². The van der Waals surface area contributed by atoms with Crippen LogP contribution in [-0.2, 0) is 4.79 Å². The third-order valence-electron chi connectivity index (χ3n) is 3.34.